The number of ketones is 1. The third kappa shape index (κ3) is 18.6. The van der Waals surface area contributed by atoms with Crippen LogP contribution in [-0.4, -0.2) is 41.8 Å². The quantitative estimate of drug-likeness (QED) is 0.0569. The Bertz CT molecular complexity index is 939. The van der Waals surface area contributed by atoms with Crippen molar-refractivity contribution in [2.24, 2.45) is 10.7 Å². The zero-order valence-electron chi connectivity index (χ0n) is 24.6. The van der Waals surface area contributed by atoms with Crippen LogP contribution in [-0.2, 0) is 19.1 Å². The Labute approximate surface area is 259 Å². The van der Waals surface area contributed by atoms with E-state index in [0.29, 0.717) is 24.8 Å². The third-order valence-corrected chi connectivity index (χ3v) is 4.96. The molecule has 0 bridgehead atoms. The van der Waals surface area contributed by atoms with Crippen molar-refractivity contribution < 1.29 is 55.0 Å². The van der Waals surface area contributed by atoms with Crippen molar-refractivity contribution in [3.05, 3.63) is 86.2 Å². The molecule has 214 valence electrons. The van der Waals surface area contributed by atoms with Crippen LogP contribution in [0, 0.1) is 51.9 Å². The van der Waals surface area contributed by atoms with E-state index < -0.39 is 12.1 Å². The van der Waals surface area contributed by atoms with Crippen molar-refractivity contribution in [3.63, 3.8) is 0 Å². The first kappa shape index (κ1) is 41.2. The summed E-state index contributed by atoms with van der Waals surface area (Å²) in [6.07, 6.45) is 11.0. The topological polar surface area (TPSA) is 108 Å². The van der Waals surface area contributed by atoms with Gasteiger partial charge in [0.15, 0.2) is 5.78 Å². The number of amides is 1. The fourth-order valence-electron chi connectivity index (χ4n) is 3.16. The van der Waals surface area contributed by atoms with Crippen LogP contribution in [0.4, 0.5) is 0 Å². The number of Topliss-reactive ketones (excluding diaryl/α,β-unsaturated/α-hetero) is 1. The van der Waals surface area contributed by atoms with Crippen LogP contribution in [0.3, 0.4) is 0 Å². The maximum Gasteiger partial charge on any atom is 2.00 e. The number of rotatable bonds is 10. The summed E-state index contributed by atoms with van der Waals surface area (Å²) in [4.78, 5) is 38.3. The number of aliphatic imine (C=N–C) groups is 1. The molecular formula is C31H46N2O5U. The Morgan fingerprint density at radius 2 is 1.77 bits per heavy atom. The molecule has 0 radical (unpaired) electrons. The average molecular weight is 765 g/mol. The van der Waals surface area contributed by atoms with E-state index in [0.717, 1.165) is 12.0 Å². The first-order valence-electron chi connectivity index (χ1n) is 12.8. The van der Waals surface area contributed by atoms with Gasteiger partial charge in [0.1, 0.15) is 5.84 Å². The van der Waals surface area contributed by atoms with Crippen molar-refractivity contribution in [2.45, 2.75) is 85.5 Å². The number of hydrogen-bond donors (Lipinski definition) is 1. The van der Waals surface area contributed by atoms with Crippen LogP contribution in [0.2, 0.25) is 0 Å². The first-order valence-corrected chi connectivity index (χ1v) is 12.8. The van der Waals surface area contributed by atoms with E-state index in [1.165, 1.54) is 18.2 Å². The van der Waals surface area contributed by atoms with Crippen molar-refractivity contribution in [3.8, 4) is 0 Å². The van der Waals surface area contributed by atoms with E-state index in [1.54, 1.807) is 12.2 Å². The maximum absolute atomic E-state index is 12.2. The Hall–Kier alpha value is -2.27. The van der Waals surface area contributed by atoms with Gasteiger partial charge in [0.25, 0.3) is 0 Å². The van der Waals surface area contributed by atoms with Crippen LogP contribution < -0.4 is 5.73 Å². The fraction of sp³-hybridized carbons (Fsp3) is 0.419. The molecule has 2 N–H and O–H groups in total. The number of amidine groups is 1. The summed E-state index contributed by atoms with van der Waals surface area (Å²) in [5.41, 5.74) is 7.20. The van der Waals surface area contributed by atoms with E-state index in [2.05, 4.69) is 11.6 Å². The number of carbonyl (C=O) groups is 3. The molecule has 2 rings (SSSR count). The summed E-state index contributed by atoms with van der Waals surface area (Å²) in [6, 6.07) is 7.55. The summed E-state index contributed by atoms with van der Waals surface area (Å²) in [6.45, 7) is 15.1. The molecule has 1 amide bonds. The smallest absolute Gasteiger partial charge is 0.489 e. The minimum atomic E-state index is -0.428. The van der Waals surface area contributed by atoms with Crippen LogP contribution >= 0.6 is 0 Å². The van der Waals surface area contributed by atoms with Gasteiger partial charge in [-0.2, -0.15) is 4.99 Å². The van der Waals surface area contributed by atoms with Crippen molar-refractivity contribution in [1.29, 1.82) is 0 Å². The predicted molar refractivity (Wildman–Crippen MR) is 157 cm³/mol. The van der Waals surface area contributed by atoms with Gasteiger partial charge in [0.2, 0.25) is 5.91 Å². The van der Waals surface area contributed by atoms with E-state index >= 15 is 0 Å². The number of nitrogens with two attached hydrogens (primary N) is 1. The Morgan fingerprint density at radius 3 is 2.31 bits per heavy atom. The van der Waals surface area contributed by atoms with Crippen LogP contribution in [0.25, 0.3) is 0 Å². The number of esters is 1. The number of aryl methyl sites for hydroxylation is 1. The Balaban J connectivity index is -0.000000738. The van der Waals surface area contributed by atoms with Crippen molar-refractivity contribution >= 4 is 23.5 Å². The van der Waals surface area contributed by atoms with Crippen LogP contribution in [0.1, 0.15) is 76.2 Å². The molecular weight excluding hydrogens is 718 g/mol. The fourth-order valence-corrected chi connectivity index (χ4v) is 3.16. The number of ether oxygens (including phenoxy) is 2. The van der Waals surface area contributed by atoms with Gasteiger partial charge in [0, 0.05) is 30.6 Å². The minimum Gasteiger partial charge on any atom is -0.489 e. The van der Waals surface area contributed by atoms with Crippen LogP contribution in [0.15, 0.2) is 66.2 Å². The molecule has 1 aromatic rings. The summed E-state index contributed by atoms with van der Waals surface area (Å²) in [5, 5.41) is 0. The van der Waals surface area contributed by atoms with Crippen molar-refractivity contribution in [2.75, 3.05) is 0 Å². The van der Waals surface area contributed by atoms with Gasteiger partial charge < -0.3 is 22.6 Å². The molecule has 7 nitrogen and oxygen atoms in total. The molecule has 8 heteroatoms. The SMILES string of the molecule is C/C=C\C(N)=NC(=O)CCC.C=C/C=C\C(=O)OC1[CH-]C(CCC(=O)c2ccc(C)cc2)OC1C.CC.[CH3-].[U+2]. The third-order valence-electron chi connectivity index (χ3n) is 4.96. The number of carbonyl (C=O) groups excluding carboxylic acids is 3. The molecule has 0 spiro atoms. The number of hydrogen-bond acceptors (Lipinski definition) is 5. The van der Waals surface area contributed by atoms with Gasteiger partial charge in [-0.15, -0.1) is 0 Å². The maximum atomic E-state index is 12.2. The summed E-state index contributed by atoms with van der Waals surface area (Å²) >= 11 is 0. The average Bonchev–Trinajstić information content (AvgIpc) is 3.22. The standard InChI is InChI=1S/C20H23O4.C8H14N2O.C2H6.CH3.U/c1-4-5-6-20(22)24-19-13-17(23-15(19)3)11-12-18(21)16-9-7-14(2)8-10-16;1-3-5-7(9)10-8(11)6-4-2;1-2;;/h4-10,13,15,17,19H,1,11-12H2,2-3H3;3,5H,4,6H2,1-2H3,(H2,9,10,11);1-2H3;1H3;/q-1;;;-1;+2/b6-5-;5-3-;;;. The molecule has 3 unspecified atom stereocenters. The Morgan fingerprint density at radius 1 is 1.15 bits per heavy atom. The van der Waals surface area contributed by atoms with E-state index in [4.69, 9.17) is 15.2 Å². The van der Waals surface area contributed by atoms with E-state index in [1.807, 2.05) is 72.2 Å². The zero-order chi connectivity index (χ0) is 28.2. The molecule has 1 fully saturated rings. The molecule has 0 saturated carbocycles. The Kier molecular flexibility index (Phi) is 26.2. The van der Waals surface area contributed by atoms with Crippen LogP contribution in [0.5, 0.6) is 0 Å². The molecule has 0 aliphatic carbocycles. The van der Waals surface area contributed by atoms with E-state index in [-0.39, 0.29) is 68.3 Å². The number of allylic oxidation sites excluding steroid dienone is 3. The second kappa shape index (κ2) is 24.8. The van der Waals surface area contributed by atoms with Crippen molar-refractivity contribution in [1.82, 2.24) is 0 Å². The minimum absolute atomic E-state index is 0. The number of nitrogens with zero attached hydrogens (tertiary/aromatic N) is 1. The van der Waals surface area contributed by atoms with Gasteiger partial charge in [-0.25, -0.2) is 4.79 Å². The normalized spacial score (nSPS) is 18.0. The van der Waals surface area contributed by atoms with Gasteiger partial charge in [-0.05, 0) is 39.7 Å². The largest absolute Gasteiger partial charge is 2.00 e. The number of benzene rings is 1. The molecule has 1 aliphatic rings. The monoisotopic (exact) mass is 764 g/mol. The molecule has 1 saturated heterocycles. The van der Waals surface area contributed by atoms with Gasteiger partial charge >= 0.3 is 37.1 Å². The first-order chi connectivity index (χ1) is 17.7. The second-order valence-corrected chi connectivity index (χ2v) is 8.08. The molecule has 1 aliphatic heterocycles. The molecule has 39 heavy (non-hydrogen) atoms. The second-order valence-electron chi connectivity index (χ2n) is 8.08. The molecule has 1 aromatic carbocycles. The summed E-state index contributed by atoms with van der Waals surface area (Å²) in [7, 11) is 0. The van der Waals surface area contributed by atoms with Gasteiger partial charge in [-0.1, -0.05) is 81.5 Å². The van der Waals surface area contributed by atoms with Gasteiger partial charge in [-0.3, -0.25) is 16.0 Å². The van der Waals surface area contributed by atoms with Gasteiger partial charge in [0.05, 0.1) is 6.10 Å². The molecule has 1 heterocycles. The molecule has 0 aromatic heterocycles. The summed E-state index contributed by atoms with van der Waals surface area (Å²) in [5.74, 6) is -0.203. The zero-order valence-corrected chi connectivity index (χ0v) is 28.8. The summed E-state index contributed by atoms with van der Waals surface area (Å²) < 4.78 is 11.1. The van der Waals surface area contributed by atoms with E-state index in [9.17, 15) is 14.4 Å². The predicted octanol–water partition coefficient (Wildman–Crippen LogP) is 6.33. The molecule has 3 atom stereocenters.